The number of pyridine rings is 1. The zero-order valence-electron chi connectivity index (χ0n) is 13.3. The van der Waals surface area contributed by atoms with Crippen molar-refractivity contribution in [3.05, 3.63) is 59.9 Å². The van der Waals surface area contributed by atoms with Gasteiger partial charge in [-0.05, 0) is 49.6 Å². The predicted octanol–water partition coefficient (Wildman–Crippen LogP) is 2.58. The van der Waals surface area contributed by atoms with Crippen LogP contribution >= 0.6 is 0 Å². The normalized spacial score (nSPS) is 14.1. The van der Waals surface area contributed by atoms with E-state index in [9.17, 15) is 9.59 Å². The number of aromatic nitrogens is 1. The lowest BCUT2D eigenvalue weighted by Crippen LogP contribution is -2.19. The molecule has 6 nitrogen and oxygen atoms in total. The first-order chi connectivity index (χ1) is 11.6. The van der Waals surface area contributed by atoms with Crippen LogP contribution in [0.5, 0.6) is 0 Å². The highest BCUT2D eigenvalue weighted by atomic mass is 16.2. The van der Waals surface area contributed by atoms with Crippen LogP contribution in [-0.4, -0.2) is 22.5 Å². The summed E-state index contributed by atoms with van der Waals surface area (Å²) >= 11 is 0. The van der Waals surface area contributed by atoms with Crippen molar-refractivity contribution in [2.75, 3.05) is 5.32 Å². The van der Waals surface area contributed by atoms with Crippen molar-refractivity contribution in [3.63, 3.8) is 0 Å². The molecule has 0 bridgehead atoms. The van der Waals surface area contributed by atoms with Crippen molar-refractivity contribution in [2.24, 2.45) is 11.0 Å². The van der Waals surface area contributed by atoms with Gasteiger partial charge in [0.05, 0.1) is 11.3 Å². The fourth-order valence-electron chi connectivity index (χ4n) is 2.17. The van der Waals surface area contributed by atoms with Gasteiger partial charge in [-0.1, -0.05) is 12.1 Å². The Balaban J connectivity index is 1.66. The van der Waals surface area contributed by atoms with Crippen LogP contribution in [0, 0.1) is 5.92 Å². The molecular formula is C18H18N4O2. The number of hydrazone groups is 1. The van der Waals surface area contributed by atoms with Crippen LogP contribution < -0.4 is 10.7 Å². The van der Waals surface area contributed by atoms with Gasteiger partial charge >= 0.3 is 0 Å². The first kappa shape index (κ1) is 15.9. The highest BCUT2D eigenvalue weighted by Crippen LogP contribution is 2.30. The summed E-state index contributed by atoms with van der Waals surface area (Å²) in [6, 6.07) is 10.8. The molecule has 1 aromatic heterocycles. The number of amides is 2. The van der Waals surface area contributed by atoms with E-state index in [1.807, 2.05) is 24.3 Å². The Morgan fingerprint density at radius 2 is 1.96 bits per heavy atom. The minimum Gasteiger partial charge on any atom is -0.326 e. The maximum atomic E-state index is 12.0. The molecule has 0 atom stereocenters. The number of hydrogen-bond donors (Lipinski definition) is 2. The summed E-state index contributed by atoms with van der Waals surface area (Å²) in [5.41, 5.74) is 5.16. The number of carbonyl (C=O) groups is 2. The number of nitrogens with zero attached hydrogens (tertiary/aromatic N) is 2. The topological polar surface area (TPSA) is 83.4 Å². The van der Waals surface area contributed by atoms with Gasteiger partial charge < -0.3 is 5.32 Å². The van der Waals surface area contributed by atoms with Crippen molar-refractivity contribution in [3.8, 4) is 0 Å². The van der Waals surface area contributed by atoms with E-state index >= 15 is 0 Å². The van der Waals surface area contributed by atoms with Crippen LogP contribution in [0.3, 0.4) is 0 Å². The molecule has 1 aliphatic rings. The Bertz CT molecular complexity index is 783. The van der Waals surface area contributed by atoms with E-state index in [1.165, 1.54) is 6.20 Å². The quantitative estimate of drug-likeness (QED) is 0.655. The van der Waals surface area contributed by atoms with Gasteiger partial charge in [-0.3, -0.25) is 14.6 Å². The minimum atomic E-state index is -0.319. The smallest absolute Gasteiger partial charge is 0.272 e. The second kappa shape index (κ2) is 7.04. The zero-order chi connectivity index (χ0) is 16.9. The molecule has 24 heavy (non-hydrogen) atoms. The second-order valence-corrected chi connectivity index (χ2v) is 5.72. The minimum absolute atomic E-state index is 0.0617. The molecule has 1 fully saturated rings. The van der Waals surface area contributed by atoms with Crippen molar-refractivity contribution >= 4 is 23.2 Å². The standard InChI is InChI=1S/C18H18N4O2/c1-12(21-22-18(24)15-5-3-9-19-11-15)14-4-2-6-16(10-14)20-17(23)13-7-8-13/h2-6,9-11,13H,7-8H2,1H3,(H,20,23)(H,22,24). The molecule has 0 spiro atoms. The molecule has 1 aromatic carbocycles. The van der Waals surface area contributed by atoms with E-state index in [0.29, 0.717) is 11.3 Å². The monoisotopic (exact) mass is 322 g/mol. The molecular weight excluding hydrogens is 304 g/mol. The average Bonchev–Trinajstić information content (AvgIpc) is 3.45. The molecule has 2 amide bonds. The van der Waals surface area contributed by atoms with E-state index in [4.69, 9.17) is 0 Å². The lowest BCUT2D eigenvalue weighted by Gasteiger charge is -2.07. The van der Waals surface area contributed by atoms with E-state index in [-0.39, 0.29) is 17.7 Å². The maximum absolute atomic E-state index is 12.0. The number of carbonyl (C=O) groups excluding carboxylic acids is 2. The number of anilines is 1. The predicted molar refractivity (Wildman–Crippen MR) is 91.7 cm³/mol. The zero-order valence-corrected chi connectivity index (χ0v) is 13.3. The third-order valence-electron chi connectivity index (χ3n) is 3.74. The molecule has 1 heterocycles. The first-order valence-corrected chi connectivity index (χ1v) is 7.79. The molecule has 1 saturated carbocycles. The summed E-state index contributed by atoms with van der Waals surface area (Å²) in [6.45, 7) is 1.80. The van der Waals surface area contributed by atoms with Crippen molar-refractivity contribution in [1.82, 2.24) is 10.4 Å². The summed E-state index contributed by atoms with van der Waals surface area (Å²) in [4.78, 5) is 27.7. The van der Waals surface area contributed by atoms with Crippen LogP contribution in [0.1, 0.15) is 35.7 Å². The van der Waals surface area contributed by atoms with Crippen LogP contribution in [0.4, 0.5) is 5.69 Å². The van der Waals surface area contributed by atoms with Crippen LogP contribution in [-0.2, 0) is 4.79 Å². The number of benzene rings is 1. The van der Waals surface area contributed by atoms with Gasteiger partial charge in [-0.15, -0.1) is 0 Å². The van der Waals surface area contributed by atoms with E-state index in [0.717, 1.165) is 24.1 Å². The molecule has 0 radical (unpaired) electrons. The average molecular weight is 322 g/mol. The number of nitrogens with one attached hydrogen (secondary N) is 2. The highest BCUT2D eigenvalue weighted by molar-refractivity contribution is 6.02. The number of rotatable bonds is 5. The Morgan fingerprint density at radius 3 is 2.67 bits per heavy atom. The second-order valence-electron chi connectivity index (χ2n) is 5.72. The van der Waals surface area contributed by atoms with Crippen molar-refractivity contribution in [2.45, 2.75) is 19.8 Å². The van der Waals surface area contributed by atoms with Gasteiger partial charge in [0.2, 0.25) is 5.91 Å². The Hall–Kier alpha value is -3.02. The summed E-state index contributed by atoms with van der Waals surface area (Å²) in [7, 11) is 0. The summed E-state index contributed by atoms with van der Waals surface area (Å²) in [5.74, 6) is -0.102. The molecule has 1 aliphatic carbocycles. The molecule has 0 aliphatic heterocycles. The largest absolute Gasteiger partial charge is 0.326 e. The highest BCUT2D eigenvalue weighted by Gasteiger charge is 2.29. The van der Waals surface area contributed by atoms with Gasteiger partial charge in [-0.2, -0.15) is 5.10 Å². The van der Waals surface area contributed by atoms with Gasteiger partial charge in [0.25, 0.3) is 5.91 Å². The van der Waals surface area contributed by atoms with Gasteiger partial charge in [-0.25, -0.2) is 5.43 Å². The Labute approximate surface area is 140 Å². The van der Waals surface area contributed by atoms with Crippen LogP contribution in [0.25, 0.3) is 0 Å². The lowest BCUT2D eigenvalue weighted by molar-refractivity contribution is -0.117. The van der Waals surface area contributed by atoms with Crippen molar-refractivity contribution in [1.29, 1.82) is 0 Å². The van der Waals surface area contributed by atoms with Crippen LogP contribution in [0.15, 0.2) is 53.9 Å². The van der Waals surface area contributed by atoms with E-state index in [2.05, 4.69) is 20.8 Å². The third kappa shape index (κ3) is 4.04. The molecule has 2 aromatic rings. The Morgan fingerprint density at radius 1 is 1.17 bits per heavy atom. The molecule has 0 saturated heterocycles. The molecule has 3 rings (SSSR count). The SMILES string of the molecule is CC(=NNC(=O)c1cccnc1)c1cccc(NC(=O)C2CC2)c1. The van der Waals surface area contributed by atoms with Gasteiger partial charge in [0, 0.05) is 24.0 Å². The molecule has 0 unspecified atom stereocenters. The summed E-state index contributed by atoms with van der Waals surface area (Å²) in [5, 5.41) is 7.02. The Kier molecular flexibility index (Phi) is 4.65. The third-order valence-corrected chi connectivity index (χ3v) is 3.74. The van der Waals surface area contributed by atoms with Crippen LogP contribution in [0.2, 0.25) is 0 Å². The maximum Gasteiger partial charge on any atom is 0.272 e. The van der Waals surface area contributed by atoms with E-state index < -0.39 is 0 Å². The summed E-state index contributed by atoms with van der Waals surface area (Å²) in [6.07, 6.45) is 5.01. The van der Waals surface area contributed by atoms with E-state index in [1.54, 1.807) is 25.3 Å². The fraction of sp³-hybridized carbons (Fsp3) is 0.222. The molecule has 122 valence electrons. The van der Waals surface area contributed by atoms with Gasteiger partial charge in [0.15, 0.2) is 0 Å². The summed E-state index contributed by atoms with van der Waals surface area (Å²) < 4.78 is 0. The molecule has 2 N–H and O–H groups in total. The number of hydrogen-bond acceptors (Lipinski definition) is 4. The van der Waals surface area contributed by atoms with Gasteiger partial charge in [0.1, 0.15) is 0 Å². The van der Waals surface area contributed by atoms with Crippen molar-refractivity contribution < 1.29 is 9.59 Å². The molecule has 6 heteroatoms. The first-order valence-electron chi connectivity index (χ1n) is 7.79. The fourth-order valence-corrected chi connectivity index (χ4v) is 2.17. The lowest BCUT2D eigenvalue weighted by atomic mass is 10.1.